The molecule has 2 aromatic heterocycles. The van der Waals surface area contributed by atoms with Crippen molar-refractivity contribution in [3.63, 3.8) is 0 Å². The summed E-state index contributed by atoms with van der Waals surface area (Å²) in [6.07, 6.45) is 1.86. The van der Waals surface area contributed by atoms with Crippen LogP contribution >= 0.6 is 8.19 Å². The Bertz CT molecular complexity index is 440. The maximum Gasteiger partial charge on any atom is 0.115 e. The van der Waals surface area contributed by atoms with Gasteiger partial charge in [-0.05, 0) is 25.7 Å². The predicted octanol–water partition coefficient (Wildman–Crippen LogP) is 3.66. The summed E-state index contributed by atoms with van der Waals surface area (Å²) < 4.78 is 2.31. The molecule has 0 unspecified atom stereocenters. The highest BCUT2D eigenvalue weighted by atomic mass is 31.0. The van der Waals surface area contributed by atoms with E-state index in [1.165, 1.54) is 19.0 Å². The minimum atomic E-state index is 0.323. The zero-order valence-corrected chi connectivity index (χ0v) is 9.75. The Morgan fingerprint density at radius 1 is 1.43 bits per heavy atom. The fourth-order valence-corrected chi connectivity index (χ4v) is 2.46. The Morgan fingerprint density at radius 2 is 2.21 bits per heavy atom. The van der Waals surface area contributed by atoms with Crippen LogP contribution in [0.15, 0.2) is 24.3 Å². The minimum Gasteiger partial charge on any atom is -0.341 e. The first-order valence-electron chi connectivity index (χ1n) is 4.82. The molecule has 3 heteroatoms. The van der Waals surface area contributed by atoms with Gasteiger partial charge in [0, 0.05) is 18.7 Å². The molecule has 0 aliphatic heterocycles. The van der Waals surface area contributed by atoms with Crippen molar-refractivity contribution in [2.24, 2.45) is 5.41 Å². The Morgan fingerprint density at radius 3 is 2.93 bits per heavy atom. The van der Waals surface area contributed by atoms with E-state index in [9.17, 15) is 0 Å². The number of hydrogen-bond acceptors (Lipinski definition) is 1. The highest BCUT2D eigenvalue weighted by Crippen LogP contribution is 2.26. The van der Waals surface area contributed by atoms with Crippen LogP contribution in [0.5, 0.6) is 0 Å². The third-order valence-electron chi connectivity index (χ3n) is 2.04. The monoisotopic (exact) mass is 206 g/mol. The lowest BCUT2D eigenvalue weighted by Gasteiger charge is -2.19. The molecule has 0 radical (unpaired) electrons. The van der Waals surface area contributed by atoms with E-state index in [1.54, 1.807) is 0 Å². The maximum absolute atomic E-state index is 4.35. The van der Waals surface area contributed by atoms with Gasteiger partial charge in [-0.1, -0.05) is 20.8 Å². The fourth-order valence-electron chi connectivity index (χ4n) is 1.54. The van der Waals surface area contributed by atoms with Gasteiger partial charge in [0.1, 0.15) is 5.25 Å². The number of aromatic nitrogens is 2. The van der Waals surface area contributed by atoms with Crippen molar-refractivity contribution in [1.29, 1.82) is 0 Å². The summed E-state index contributed by atoms with van der Waals surface area (Å²) in [6, 6.07) is 4.15. The molecule has 0 aliphatic carbocycles. The summed E-state index contributed by atoms with van der Waals surface area (Å²) in [7, 11) is 1.22. The standard InChI is InChI=1S/C11H15N2P/c1-11(2,3)7-13-8-14-10-9(13)5-4-6-12-10/h4-6,8H,7H2,1-3H3. The zero-order chi connectivity index (χ0) is 10.2. The normalized spacial score (nSPS) is 12.8. The van der Waals surface area contributed by atoms with Crippen LogP contribution in [-0.4, -0.2) is 9.55 Å². The predicted molar refractivity (Wildman–Crippen MR) is 61.7 cm³/mol. The van der Waals surface area contributed by atoms with Crippen LogP contribution in [0.1, 0.15) is 20.8 Å². The third kappa shape index (κ3) is 1.96. The molecule has 2 heterocycles. The molecule has 0 saturated carbocycles. The molecule has 0 fully saturated rings. The highest BCUT2D eigenvalue weighted by Gasteiger charge is 2.12. The zero-order valence-electron chi connectivity index (χ0n) is 8.86. The second kappa shape index (κ2) is 3.36. The van der Waals surface area contributed by atoms with Gasteiger partial charge in [-0.3, -0.25) is 0 Å². The number of rotatable bonds is 1. The lowest BCUT2D eigenvalue weighted by atomic mass is 9.97. The number of fused-ring (bicyclic) bond motifs is 1. The maximum atomic E-state index is 4.35. The Balaban J connectivity index is 2.44. The van der Waals surface area contributed by atoms with Gasteiger partial charge in [0.05, 0.1) is 5.52 Å². The molecule has 2 nitrogen and oxygen atoms in total. The van der Waals surface area contributed by atoms with Crippen LogP contribution in [0.25, 0.3) is 10.8 Å². The van der Waals surface area contributed by atoms with E-state index in [4.69, 9.17) is 0 Å². The molecule has 14 heavy (non-hydrogen) atoms. The number of nitrogens with zero attached hydrogens (tertiary/aromatic N) is 2. The van der Waals surface area contributed by atoms with Crippen LogP contribution in [0.3, 0.4) is 0 Å². The van der Waals surface area contributed by atoms with Gasteiger partial charge in [0.2, 0.25) is 0 Å². The van der Waals surface area contributed by atoms with Gasteiger partial charge in [0.25, 0.3) is 0 Å². The van der Waals surface area contributed by atoms with Gasteiger partial charge in [-0.2, -0.15) is 0 Å². The van der Waals surface area contributed by atoms with Crippen LogP contribution in [0.2, 0.25) is 0 Å². The lowest BCUT2D eigenvalue weighted by Crippen LogP contribution is -2.14. The summed E-state index contributed by atoms with van der Waals surface area (Å²) in [4.78, 5) is 4.35. The summed E-state index contributed by atoms with van der Waals surface area (Å²) in [6.45, 7) is 7.82. The third-order valence-corrected chi connectivity index (χ3v) is 3.02. The molecule has 0 bridgehead atoms. The first-order valence-corrected chi connectivity index (χ1v) is 5.78. The topological polar surface area (TPSA) is 17.8 Å². The van der Waals surface area contributed by atoms with E-state index in [2.05, 4.69) is 42.3 Å². The van der Waals surface area contributed by atoms with E-state index >= 15 is 0 Å². The van der Waals surface area contributed by atoms with E-state index in [0.29, 0.717) is 5.41 Å². The Hall–Kier alpha value is -0.880. The van der Waals surface area contributed by atoms with Gasteiger partial charge in [-0.25, -0.2) is 4.98 Å². The average molecular weight is 206 g/mol. The summed E-state index contributed by atoms with van der Waals surface area (Å²) in [5.41, 5.74) is 1.59. The van der Waals surface area contributed by atoms with Crippen LogP contribution in [-0.2, 0) is 6.54 Å². The van der Waals surface area contributed by atoms with Crippen molar-refractivity contribution >= 4 is 19.0 Å². The van der Waals surface area contributed by atoms with Crippen molar-refractivity contribution in [3.05, 3.63) is 24.3 Å². The molecule has 0 aliphatic rings. The molecular weight excluding hydrogens is 191 g/mol. The van der Waals surface area contributed by atoms with E-state index in [1.807, 2.05) is 12.3 Å². The SMILES string of the molecule is CC(C)(C)Cn1cpc2ncccc21. The Labute approximate surface area is 86.1 Å². The second-order valence-electron chi connectivity index (χ2n) is 4.78. The van der Waals surface area contributed by atoms with Crippen molar-refractivity contribution in [1.82, 2.24) is 9.55 Å². The summed E-state index contributed by atoms with van der Waals surface area (Å²) in [5.74, 6) is 2.21. The molecule has 2 rings (SSSR count). The molecule has 0 N–H and O–H groups in total. The van der Waals surface area contributed by atoms with Gasteiger partial charge in [0.15, 0.2) is 0 Å². The fraction of sp³-hybridized carbons (Fsp3) is 0.455. The highest BCUT2D eigenvalue weighted by molar-refractivity contribution is 7.35. The lowest BCUT2D eigenvalue weighted by molar-refractivity contribution is 0.350. The van der Waals surface area contributed by atoms with Gasteiger partial charge >= 0.3 is 0 Å². The van der Waals surface area contributed by atoms with Crippen LogP contribution < -0.4 is 0 Å². The second-order valence-corrected chi connectivity index (χ2v) is 5.69. The van der Waals surface area contributed by atoms with Crippen LogP contribution in [0, 0.1) is 5.41 Å². The van der Waals surface area contributed by atoms with Crippen molar-refractivity contribution in [3.8, 4) is 0 Å². The Kier molecular flexibility index (Phi) is 2.32. The molecule has 0 aromatic carbocycles. The number of hydrogen-bond donors (Lipinski definition) is 0. The quantitative estimate of drug-likeness (QED) is 0.696. The van der Waals surface area contributed by atoms with Crippen molar-refractivity contribution in [2.45, 2.75) is 27.3 Å². The molecule has 74 valence electrons. The van der Waals surface area contributed by atoms with E-state index in [0.717, 1.165) is 6.54 Å². The molecule has 0 spiro atoms. The largest absolute Gasteiger partial charge is 0.341 e. The van der Waals surface area contributed by atoms with Gasteiger partial charge < -0.3 is 4.57 Å². The summed E-state index contributed by atoms with van der Waals surface area (Å²) >= 11 is 0. The first-order chi connectivity index (χ1) is 6.56. The molecule has 2 aromatic rings. The molecule has 0 atom stereocenters. The number of pyridine rings is 1. The molecule has 0 saturated heterocycles. The van der Waals surface area contributed by atoms with Gasteiger partial charge in [-0.15, -0.1) is 0 Å². The van der Waals surface area contributed by atoms with Crippen LogP contribution in [0.4, 0.5) is 0 Å². The average Bonchev–Trinajstić information content (AvgIpc) is 2.47. The van der Waals surface area contributed by atoms with E-state index < -0.39 is 0 Å². The minimum absolute atomic E-state index is 0.323. The summed E-state index contributed by atoms with van der Waals surface area (Å²) in [5, 5.41) is 1.18. The molecular formula is C11H15N2P. The molecule has 0 amide bonds. The smallest absolute Gasteiger partial charge is 0.115 e. The van der Waals surface area contributed by atoms with Crippen molar-refractivity contribution < 1.29 is 0 Å². The van der Waals surface area contributed by atoms with E-state index in [-0.39, 0.29) is 0 Å². The first kappa shape index (κ1) is 9.67. The van der Waals surface area contributed by atoms with Crippen molar-refractivity contribution in [2.75, 3.05) is 0 Å².